The summed E-state index contributed by atoms with van der Waals surface area (Å²) in [7, 11) is 0. The highest BCUT2D eigenvalue weighted by molar-refractivity contribution is 7.98. The molecule has 0 aliphatic carbocycles. The molecule has 0 fully saturated rings. The maximum atomic E-state index is 4.48. The van der Waals surface area contributed by atoms with E-state index in [0.29, 0.717) is 0 Å². The van der Waals surface area contributed by atoms with Crippen LogP contribution in [0.4, 0.5) is 11.6 Å². The van der Waals surface area contributed by atoms with Gasteiger partial charge in [0.05, 0.1) is 0 Å². The number of nitrogens with zero attached hydrogens (tertiary/aromatic N) is 2. The van der Waals surface area contributed by atoms with Gasteiger partial charge in [0.15, 0.2) is 5.16 Å². The van der Waals surface area contributed by atoms with Crippen LogP contribution >= 0.6 is 11.8 Å². The summed E-state index contributed by atoms with van der Waals surface area (Å²) in [5, 5.41) is 7.51. The fourth-order valence-electron chi connectivity index (χ4n) is 1.68. The van der Waals surface area contributed by atoms with E-state index in [-0.39, 0.29) is 0 Å². The molecule has 4 nitrogen and oxygen atoms in total. The molecular weight excluding hydrogens is 256 g/mol. The molecule has 0 aliphatic rings. The van der Waals surface area contributed by atoms with Gasteiger partial charge in [-0.05, 0) is 31.4 Å². The number of rotatable bonds is 9. The summed E-state index contributed by atoms with van der Waals surface area (Å²) in [4.78, 5) is 8.92. The first-order valence-corrected chi connectivity index (χ1v) is 8.29. The third-order valence-corrected chi connectivity index (χ3v) is 3.26. The van der Waals surface area contributed by atoms with Gasteiger partial charge in [0, 0.05) is 19.2 Å². The van der Waals surface area contributed by atoms with Crippen LogP contribution < -0.4 is 10.6 Å². The first-order valence-electron chi connectivity index (χ1n) is 7.06. The molecule has 0 saturated heterocycles. The minimum Gasteiger partial charge on any atom is -0.370 e. The molecule has 108 valence electrons. The second-order valence-electron chi connectivity index (χ2n) is 5.01. The van der Waals surface area contributed by atoms with Crippen molar-refractivity contribution in [3.63, 3.8) is 0 Å². The second-order valence-corrected chi connectivity index (χ2v) is 5.79. The Kier molecular flexibility index (Phi) is 7.63. The Morgan fingerprint density at radius 2 is 1.79 bits per heavy atom. The van der Waals surface area contributed by atoms with Gasteiger partial charge in [-0.1, -0.05) is 32.5 Å². The van der Waals surface area contributed by atoms with Gasteiger partial charge in [0.25, 0.3) is 0 Å². The van der Waals surface area contributed by atoms with Crippen LogP contribution in [0.5, 0.6) is 0 Å². The molecule has 0 unspecified atom stereocenters. The summed E-state index contributed by atoms with van der Waals surface area (Å²) in [6, 6.07) is 1.99. The lowest BCUT2D eigenvalue weighted by Crippen LogP contribution is -2.08. The summed E-state index contributed by atoms with van der Waals surface area (Å²) in [6.07, 6.45) is 5.51. The quantitative estimate of drug-likeness (QED) is 0.409. The summed E-state index contributed by atoms with van der Waals surface area (Å²) >= 11 is 1.57. The molecule has 1 aromatic rings. The molecular formula is C14H26N4S. The van der Waals surface area contributed by atoms with Crippen LogP contribution in [0.3, 0.4) is 0 Å². The van der Waals surface area contributed by atoms with Gasteiger partial charge < -0.3 is 10.6 Å². The number of nitrogens with one attached hydrogen (secondary N) is 2. The lowest BCUT2D eigenvalue weighted by Gasteiger charge is -2.10. The van der Waals surface area contributed by atoms with Gasteiger partial charge >= 0.3 is 0 Å². The Bertz CT molecular complexity index is 368. The van der Waals surface area contributed by atoms with Crippen molar-refractivity contribution in [3.8, 4) is 0 Å². The highest BCUT2D eigenvalue weighted by Gasteiger charge is 2.03. The van der Waals surface area contributed by atoms with Crippen LogP contribution in [0.15, 0.2) is 11.2 Å². The Labute approximate surface area is 121 Å². The van der Waals surface area contributed by atoms with E-state index in [1.807, 2.05) is 12.3 Å². The molecule has 19 heavy (non-hydrogen) atoms. The number of hydrogen-bond acceptors (Lipinski definition) is 5. The SMILES string of the molecule is CCCNc1cc(NCCCC(C)C)nc(SC)n1. The summed E-state index contributed by atoms with van der Waals surface area (Å²) in [5.41, 5.74) is 0. The molecule has 1 heterocycles. The number of thioether (sulfide) groups is 1. The van der Waals surface area contributed by atoms with Crippen LogP contribution in [0, 0.1) is 5.92 Å². The zero-order valence-electron chi connectivity index (χ0n) is 12.5. The molecule has 0 spiro atoms. The summed E-state index contributed by atoms with van der Waals surface area (Å²) in [6.45, 7) is 8.56. The van der Waals surface area contributed by atoms with Gasteiger partial charge in [0.2, 0.25) is 0 Å². The van der Waals surface area contributed by atoms with Gasteiger partial charge in [-0.2, -0.15) is 0 Å². The molecule has 1 aromatic heterocycles. The molecule has 0 aliphatic heterocycles. The van der Waals surface area contributed by atoms with Crippen molar-refractivity contribution in [2.45, 2.75) is 45.2 Å². The maximum Gasteiger partial charge on any atom is 0.191 e. The van der Waals surface area contributed by atoms with Crippen molar-refractivity contribution < 1.29 is 0 Å². The fraction of sp³-hybridized carbons (Fsp3) is 0.714. The topological polar surface area (TPSA) is 49.8 Å². The minimum absolute atomic E-state index is 0.760. The zero-order valence-corrected chi connectivity index (χ0v) is 13.3. The van der Waals surface area contributed by atoms with E-state index in [1.165, 1.54) is 12.8 Å². The molecule has 0 bridgehead atoms. The lowest BCUT2D eigenvalue weighted by atomic mass is 10.1. The van der Waals surface area contributed by atoms with E-state index < -0.39 is 0 Å². The van der Waals surface area contributed by atoms with E-state index >= 15 is 0 Å². The number of aromatic nitrogens is 2. The van der Waals surface area contributed by atoms with Crippen molar-refractivity contribution in [2.24, 2.45) is 5.92 Å². The van der Waals surface area contributed by atoms with E-state index in [9.17, 15) is 0 Å². The van der Waals surface area contributed by atoms with Crippen LogP contribution in [-0.2, 0) is 0 Å². The van der Waals surface area contributed by atoms with E-state index in [0.717, 1.165) is 42.2 Å². The van der Waals surface area contributed by atoms with Crippen molar-refractivity contribution in [1.82, 2.24) is 9.97 Å². The molecule has 0 aromatic carbocycles. The first-order chi connectivity index (χ1) is 9.15. The molecule has 0 saturated carbocycles. The average molecular weight is 282 g/mol. The predicted molar refractivity (Wildman–Crippen MR) is 85.2 cm³/mol. The standard InChI is InChI=1S/C14H26N4S/c1-5-8-15-12-10-13(18-14(17-12)19-4)16-9-6-7-11(2)3/h10-11H,5-9H2,1-4H3,(H2,15,16,17,18). The van der Waals surface area contributed by atoms with Crippen LogP contribution in [0.25, 0.3) is 0 Å². The molecule has 0 amide bonds. The predicted octanol–water partition coefficient (Wildman–Crippen LogP) is 3.87. The van der Waals surface area contributed by atoms with Gasteiger partial charge in [-0.15, -0.1) is 0 Å². The summed E-state index contributed by atoms with van der Waals surface area (Å²) in [5.74, 6) is 2.59. The normalized spacial score (nSPS) is 10.8. The van der Waals surface area contributed by atoms with Crippen molar-refractivity contribution in [2.75, 3.05) is 30.0 Å². The smallest absolute Gasteiger partial charge is 0.191 e. The molecule has 1 rings (SSSR count). The maximum absolute atomic E-state index is 4.48. The van der Waals surface area contributed by atoms with E-state index in [1.54, 1.807) is 11.8 Å². The van der Waals surface area contributed by atoms with Gasteiger partial charge in [0.1, 0.15) is 11.6 Å². The molecule has 0 atom stereocenters. The Hall–Kier alpha value is -0.970. The molecule has 0 radical (unpaired) electrons. The number of hydrogen-bond donors (Lipinski definition) is 2. The first kappa shape index (κ1) is 16.1. The molecule has 5 heteroatoms. The Balaban J connectivity index is 2.55. The van der Waals surface area contributed by atoms with Crippen molar-refractivity contribution >= 4 is 23.4 Å². The lowest BCUT2D eigenvalue weighted by molar-refractivity contribution is 0.566. The van der Waals surface area contributed by atoms with Crippen molar-refractivity contribution in [1.29, 1.82) is 0 Å². The highest BCUT2D eigenvalue weighted by atomic mass is 32.2. The van der Waals surface area contributed by atoms with E-state index in [4.69, 9.17) is 0 Å². The fourth-order valence-corrected chi connectivity index (χ4v) is 2.06. The monoisotopic (exact) mass is 282 g/mol. The molecule has 2 N–H and O–H groups in total. The van der Waals surface area contributed by atoms with Crippen LogP contribution in [0.1, 0.15) is 40.0 Å². The minimum atomic E-state index is 0.760. The van der Waals surface area contributed by atoms with Crippen LogP contribution in [0.2, 0.25) is 0 Å². The second kappa shape index (κ2) is 9.02. The third kappa shape index (κ3) is 6.66. The van der Waals surface area contributed by atoms with Gasteiger partial charge in [-0.3, -0.25) is 0 Å². The Morgan fingerprint density at radius 3 is 2.32 bits per heavy atom. The van der Waals surface area contributed by atoms with Gasteiger partial charge in [-0.25, -0.2) is 9.97 Å². The van der Waals surface area contributed by atoms with Crippen LogP contribution in [-0.4, -0.2) is 29.3 Å². The Morgan fingerprint density at radius 1 is 1.16 bits per heavy atom. The highest BCUT2D eigenvalue weighted by Crippen LogP contribution is 2.17. The summed E-state index contributed by atoms with van der Waals surface area (Å²) < 4.78 is 0. The average Bonchev–Trinajstić information content (AvgIpc) is 2.41. The third-order valence-electron chi connectivity index (χ3n) is 2.71. The number of anilines is 2. The van der Waals surface area contributed by atoms with E-state index in [2.05, 4.69) is 41.4 Å². The largest absolute Gasteiger partial charge is 0.370 e. The zero-order chi connectivity index (χ0) is 14.1. The van der Waals surface area contributed by atoms with Crippen molar-refractivity contribution in [3.05, 3.63) is 6.07 Å².